The third kappa shape index (κ3) is 4.29. The van der Waals surface area contributed by atoms with Crippen LogP contribution in [0.15, 0.2) is 28.7 Å². The molecular formula is C19H23BrFN3O. The van der Waals surface area contributed by atoms with E-state index in [9.17, 15) is 9.18 Å². The average molecular weight is 408 g/mol. The van der Waals surface area contributed by atoms with E-state index < -0.39 is 0 Å². The van der Waals surface area contributed by atoms with Gasteiger partial charge in [0.25, 0.3) is 0 Å². The van der Waals surface area contributed by atoms with E-state index in [1.807, 2.05) is 11.8 Å². The van der Waals surface area contributed by atoms with Crippen LogP contribution in [0.2, 0.25) is 0 Å². The van der Waals surface area contributed by atoms with Crippen LogP contribution in [-0.2, 0) is 17.8 Å². The highest BCUT2D eigenvalue weighted by Gasteiger charge is 2.24. The largest absolute Gasteiger partial charge is 0.342 e. The normalized spacial score (nSPS) is 15.6. The number of rotatable bonds is 4. The lowest BCUT2D eigenvalue weighted by Crippen LogP contribution is -2.40. The monoisotopic (exact) mass is 407 g/mol. The second-order valence-electron chi connectivity index (χ2n) is 6.82. The summed E-state index contributed by atoms with van der Waals surface area (Å²) in [6.07, 6.45) is 2.05. The molecule has 1 amide bonds. The standard InChI is InChI=1S/C19H23BrFN3O/c1-13-10-14(2)24(22-13)12-15-6-8-23(9-7-15)18(25)11-16-4-3-5-17(20)19(16)21/h3-5,10,15H,6-9,11-12H2,1-2H3. The van der Waals surface area contributed by atoms with Crippen molar-refractivity contribution in [1.29, 1.82) is 0 Å². The predicted octanol–water partition coefficient (Wildman–Crippen LogP) is 3.88. The minimum atomic E-state index is -0.338. The number of halogens is 2. The Balaban J connectivity index is 1.54. The maximum Gasteiger partial charge on any atom is 0.227 e. The number of likely N-dealkylation sites (tertiary alicyclic amines) is 1. The fourth-order valence-electron chi connectivity index (χ4n) is 3.43. The van der Waals surface area contributed by atoms with Crippen LogP contribution in [0.1, 0.15) is 29.8 Å². The van der Waals surface area contributed by atoms with Crippen molar-refractivity contribution in [3.05, 3.63) is 51.5 Å². The third-order valence-electron chi connectivity index (χ3n) is 4.87. The molecule has 134 valence electrons. The number of hydrogen-bond donors (Lipinski definition) is 0. The average Bonchev–Trinajstić information content (AvgIpc) is 2.90. The zero-order valence-electron chi connectivity index (χ0n) is 14.6. The summed E-state index contributed by atoms with van der Waals surface area (Å²) in [5, 5.41) is 4.52. The van der Waals surface area contributed by atoms with Gasteiger partial charge in [-0.2, -0.15) is 5.10 Å². The third-order valence-corrected chi connectivity index (χ3v) is 5.49. The maximum absolute atomic E-state index is 14.0. The molecule has 0 N–H and O–H groups in total. The van der Waals surface area contributed by atoms with Gasteiger partial charge >= 0.3 is 0 Å². The van der Waals surface area contributed by atoms with Gasteiger partial charge in [-0.1, -0.05) is 12.1 Å². The molecule has 25 heavy (non-hydrogen) atoms. The lowest BCUT2D eigenvalue weighted by molar-refractivity contribution is -0.132. The predicted molar refractivity (Wildman–Crippen MR) is 98.8 cm³/mol. The molecule has 1 aromatic carbocycles. The van der Waals surface area contributed by atoms with E-state index in [1.165, 1.54) is 5.69 Å². The Morgan fingerprint density at radius 2 is 2.04 bits per heavy atom. The number of nitrogens with zero attached hydrogens (tertiary/aromatic N) is 3. The Kier molecular flexibility index (Phi) is 5.57. The van der Waals surface area contributed by atoms with Crippen LogP contribution in [0.25, 0.3) is 0 Å². The lowest BCUT2D eigenvalue weighted by Gasteiger charge is -2.32. The smallest absolute Gasteiger partial charge is 0.227 e. The Morgan fingerprint density at radius 1 is 1.32 bits per heavy atom. The zero-order chi connectivity index (χ0) is 18.0. The van der Waals surface area contributed by atoms with Gasteiger partial charge in [0.1, 0.15) is 5.82 Å². The van der Waals surface area contributed by atoms with Gasteiger partial charge in [-0.3, -0.25) is 9.48 Å². The Labute approximate surface area is 156 Å². The van der Waals surface area contributed by atoms with Gasteiger partial charge in [0.2, 0.25) is 5.91 Å². The maximum atomic E-state index is 14.0. The molecule has 1 saturated heterocycles. The van der Waals surface area contributed by atoms with Crippen molar-refractivity contribution in [2.45, 2.75) is 39.7 Å². The molecule has 1 fully saturated rings. The SMILES string of the molecule is Cc1cc(C)n(CC2CCN(C(=O)Cc3cccc(Br)c3F)CC2)n1. The molecule has 0 aliphatic carbocycles. The summed E-state index contributed by atoms with van der Waals surface area (Å²) >= 11 is 3.17. The number of aromatic nitrogens is 2. The number of benzene rings is 1. The van der Waals surface area contributed by atoms with Gasteiger partial charge < -0.3 is 4.90 Å². The molecule has 0 spiro atoms. The summed E-state index contributed by atoms with van der Waals surface area (Å²) in [5.41, 5.74) is 2.67. The molecule has 0 bridgehead atoms. The molecule has 1 aliphatic rings. The summed E-state index contributed by atoms with van der Waals surface area (Å²) in [5.74, 6) is 0.196. The molecule has 2 heterocycles. The Morgan fingerprint density at radius 3 is 2.68 bits per heavy atom. The zero-order valence-corrected chi connectivity index (χ0v) is 16.2. The van der Waals surface area contributed by atoms with Crippen LogP contribution < -0.4 is 0 Å². The van der Waals surface area contributed by atoms with Crippen molar-refractivity contribution >= 4 is 21.8 Å². The number of hydrogen-bond acceptors (Lipinski definition) is 2. The fourth-order valence-corrected chi connectivity index (χ4v) is 3.84. The van der Waals surface area contributed by atoms with E-state index >= 15 is 0 Å². The molecular weight excluding hydrogens is 385 g/mol. The van der Waals surface area contributed by atoms with Crippen LogP contribution in [0.4, 0.5) is 4.39 Å². The summed E-state index contributed by atoms with van der Waals surface area (Å²) in [6, 6.07) is 7.17. The van der Waals surface area contributed by atoms with Crippen molar-refractivity contribution < 1.29 is 9.18 Å². The van der Waals surface area contributed by atoms with Crippen molar-refractivity contribution in [3.8, 4) is 0 Å². The first-order chi connectivity index (χ1) is 11.9. The molecule has 0 radical (unpaired) electrons. The van der Waals surface area contributed by atoms with Crippen molar-refractivity contribution in [2.75, 3.05) is 13.1 Å². The van der Waals surface area contributed by atoms with Crippen LogP contribution in [0, 0.1) is 25.6 Å². The minimum Gasteiger partial charge on any atom is -0.342 e. The van der Waals surface area contributed by atoms with Gasteiger partial charge in [0, 0.05) is 25.3 Å². The molecule has 3 rings (SSSR count). The van der Waals surface area contributed by atoms with Gasteiger partial charge in [0.05, 0.1) is 16.6 Å². The van der Waals surface area contributed by atoms with E-state index in [1.54, 1.807) is 18.2 Å². The Hall–Kier alpha value is -1.69. The van der Waals surface area contributed by atoms with Gasteiger partial charge in [-0.25, -0.2) is 4.39 Å². The molecule has 2 aromatic rings. The molecule has 4 nitrogen and oxygen atoms in total. The summed E-state index contributed by atoms with van der Waals surface area (Å²) in [6.45, 7) is 6.45. The first kappa shape index (κ1) is 18.1. The lowest BCUT2D eigenvalue weighted by atomic mass is 9.96. The van der Waals surface area contributed by atoms with E-state index in [0.717, 1.165) is 38.2 Å². The quantitative estimate of drug-likeness (QED) is 0.770. The topological polar surface area (TPSA) is 38.1 Å². The number of carbonyl (C=O) groups is 1. The summed E-state index contributed by atoms with van der Waals surface area (Å²) < 4.78 is 16.5. The van der Waals surface area contributed by atoms with Gasteiger partial charge in [0.15, 0.2) is 0 Å². The number of aryl methyl sites for hydroxylation is 2. The highest BCUT2D eigenvalue weighted by Crippen LogP contribution is 2.23. The van der Waals surface area contributed by atoms with Gasteiger partial charge in [-0.15, -0.1) is 0 Å². The Bertz CT molecular complexity index is 766. The van der Waals surface area contributed by atoms with Gasteiger partial charge in [-0.05, 0) is 66.2 Å². The molecule has 6 heteroatoms. The van der Waals surface area contributed by atoms with E-state index in [-0.39, 0.29) is 18.1 Å². The van der Waals surface area contributed by atoms with Crippen molar-refractivity contribution in [1.82, 2.24) is 14.7 Å². The minimum absolute atomic E-state index is 0.00145. The second kappa shape index (κ2) is 7.68. The highest BCUT2D eigenvalue weighted by atomic mass is 79.9. The van der Waals surface area contributed by atoms with E-state index in [4.69, 9.17) is 0 Å². The number of amides is 1. The summed E-state index contributed by atoms with van der Waals surface area (Å²) in [4.78, 5) is 14.3. The molecule has 0 atom stereocenters. The fraction of sp³-hybridized carbons (Fsp3) is 0.474. The van der Waals surface area contributed by atoms with E-state index in [0.29, 0.717) is 16.0 Å². The first-order valence-electron chi connectivity index (χ1n) is 8.65. The van der Waals surface area contributed by atoms with Crippen molar-refractivity contribution in [2.24, 2.45) is 5.92 Å². The van der Waals surface area contributed by atoms with Crippen LogP contribution in [-0.4, -0.2) is 33.7 Å². The summed E-state index contributed by atoms with van der Waals surface area (Å²) in [7, 11) is 0. The number of carbonyl (C=O) groups excluding carboxylic acids is 1. The molecule has 1 aromatic heterocycles. The van der Waals surface area contributed by atoms with Crippen LogP contribution >= 0.6 is 15.9 Å². The van der Waals surface area contributed by atoms with Crippen molar-refractivity contribution in [3.63, 3.8) is 0 Å². The molecule has 0 unspecified atom stereocenters. The molecule has 1 aliphatic heterocycles. The van der Waals surface area contributed by atoms with E-state index in [2.05, 4.69) is 38.7 Å². The second-order valence-corrected chi connectivity index (χ2v) is 7.68. The number of piperidine rings is 1. The van der Waals surface area contributed by atoms with Crippen LogP contribution in [0.5, 0.6) is 0 Å². The highest BCUT2D eigenvalue weighted by molar-refractivity contribution is 9.10. The van der Waals surface area contributed by atoms with Crippen LogP contribution in [0.3, 0.4) is 0 Å². The molecule has 0 saturated carbocycles. The first-order valence-corrected chi connectivity index (χ1v) is 9.45.